The van der Waals surface area contributed by atoms with E-state index >= 15 is 0 Å². The Morgan fingerprint density at radius 3 is 0.859 bits per heavy atom. The summed E-state index contributed by atoms with van der Waals surface area (Å²) in [5, 5.41) is 23.3. The topological polar surface area (TPSA) is 95.9 Å². The van der Waals surface area contributed by atoms with Crippen molar-refractivity contribution in [2.24, 2.45) is 0 Å². The Morgan fingerprint density at radius 2 is 0.577 bits per heavy atom. The van der Waals surface area contributed by atoms with Crippen LogP contribution in [0, 0.1) is 0 Å². The molecule has 0 saturated heterocycles. The van der Waals surface area contributed by atoms with E-state index in [-0.39, 0.29) is 18.5 Å². The van der Waals surface area contributed by atoms with Crippen molar-refractivity contribution in [3.8, 4) is 0 Å². The Hall–Kier alpha value is -1.14. The molecule has 1 amide bonds. The average molecular weight is 1000 g/mol. The molecule has 0 aliphatic carbocycles. The standard InChI is InChI=1S/C65H129NO5/c1-3-5-7-9-11-13-15-17-19-26-31-35-39-43-47-51-55-59-65(70)71-60-56-52-48-44-40-36-32-28-25-23-21-20-22-24-27-30-34-38-42-46-50-54-58-64(69)66-62(61-67)63(68)57-53-49-45-41-37-33-29-18-16-14-12-10-8-6-4-2/h62-63,67-68H,3-61H2,1-2H3,(H,66,69). The lowest BCUT2D eigenvalue weighted by Gasteiger charge is -2.22. The summed E-state index contributed by atoms with van der Waals surface area (Å²) in [7, 11) is 0. The minimum atomic E-state index is -0.663. The van der Waals surface area contributed by atoms with Crippen LogP contribution in [0.3, 0.4) is 0 Å². The van der Waals surface area contributed by atoms with Gasteiger partial charge in [0, 0.05) is 12.8 Å². The first-order valence-corrected chi connectivity index (χ1v) is 32.8. The average Bonchev–Trinajstić information content (AvgIpc) is 3.37. The Morgan fingerprint density at radius 1 is 0.338 bits per heavy atom. The molecular formula is C65H129NO5. The first kappa shape index (κ1) is 69.9. The Balaban J connectivity index is 3.34. The van der Waals surface area contributed by atoms with E-state index in [0.29, 0.717) is 25.9 Å². The predicted molar refractivity (Wildman–Crippen MR) is 310 cm³/mol. The van der Waals surface area contributed by atoms with Crippen molar-refractivity contribution in [1.29, 1.82) is 0 Å². The van der Waals surface area contributed by atoms with Crippen LogP contribution in [0.1, 0.15) is 380 Å². The molecule has 0 aromatic carbocycles. The highest BCUT2D eigenvalue weighted by molar-refractivity contribution is 5.76. The summed E-state index contributed by atoms with van der Waals surface area (Å²) in [6.07, 6.45) is 72.7. The largest absolute Gasteiger partial charge is 0.466 e. The van der Waals surface area contributed by atoms with Gasteiger partial charge < -0.3 is 20.3 Å². The SMILES string of the molecule is CCCCCCCCCCCCCCCCCCCC(=O)OCCCCCCCCCCCCCCCCCCCCCCCCC(=O)NC(CO)C(O)CCCCCCCCCCCCCCCCC. The number of ether oxygens (including phenoxy) is 1. The van der Waals surface area contributed by atoms with Gasteiger partial charge >= 0.3 is 5.97 Å². The van der Waals surface area contributed by atoms with Crippen molar-refractivity contribution in [3.05, 3.63) is 0 Å². The molecule has 3 N–H and O–H groups in total. The molecule has 0 rings (SSSR count). The summed E-state index contributed by atoms with van der Waals surface area (Å²) in [5.74, 6) is -0.0133. The van der Waals surface area contributed by atoms with Gasteiger partial charge in [-0.2, -0.15) is 0 Å². The maximum atomic E-state index is 12.5. The van der Waals surface area contributed by atoms with Crippen molar-refractivity contribution < 1.29 is 24.5 Å². The molecule has 0 aliphatic heterocycles. The van der Waals surface area contributed by atoms with Gasteiger partial charge in [0.05, 0.1) is 25.4 Å². The van der Waals surface area contributed by atoms with Gasteiger partial charge in [0.2, 0.25) is 5.91 Å². The summed E-state index contributed by atoms with van der Waals surface area (Å²) in [6.45, 7) is 4.99. The summed E-state index contributed by atoms with van der Waals surface area (Å²) in [4.78, 5) is 24.6. The number of esters is 1. The fourth-order valence-electron chi connectivity index (χ4n) is 10.6. The Labute approximate surface area is 445 Å². The van der Waals surface area contributed by atoms with E-state index in [1.165, 1.54) is 308 Å². The number of hydrogen-bond acceptors (Lipinski definition) is 5. The maximum Gasteiger partial charge on any atom is 0.305 e. The van der Waals surface area contributed by atoms with Crippen molar-refractivity contribution >= 4 is 11.9 Å². The van der Waals surface area contributed by atoms with Crippen LogP contribution in [0.4, 0.5) is 0 Å². The number of hydrogen-bond donors (Lipinski definition) is 3. The van der Waals surface area contributed by atoms with Crippen LogP contribution in [0.5, 0.6) is 0 Å². The minimum absolute atomic E-state index is 0.0184. The number of carbonyl (C=O) groups excluding carboxylic acids is 2. The van der Waals surface area contributed by atoms with Gasteiger partial charge in [-0.1, -0.05) is 341 Å². The summed E-state index contributed by atoms with van der Waals surface area (Å²) in [5.41, 5.74) is 0. The number of aliphatic hydroxyl groups excluding tert-OH is 2. The van der Waals surface area contributed by atoms with Crippen molar-refractivity contribution in [1.82, 2.24) is 5.32 Å². The molecule has 0 radical (unpaired) electrons. The van der Waals surface area contributed by atoms with Crippen LogP contribution in [0.15, 0.2) is 0 Å². The smallest absolute Gasteiger partial charge is 0.305 e. The number of amides is 1. The highest BCUT2D eigenvalue weighted by atomic mass is 16.5. The third-order valence-electron chi connectivity index (χ3n) is 15.7. The second kappa shape index (κ2) is 61.4. The second-order valence-corrected chi connectivity index (χ2v) is 22.8. The van der Waals surface area contributed by atoms with Crippen LogP contribution < -0.4 is 5.32 Å². The summed E-state index contributed by atoms with van der Waals surface area (Å²) in [6, 6.07) is -0.540. The number of rotatable bonds is 62. The highest BCUT2D eigenvalue weighted by Crippen LogP contribution is 2.19. The molecule has 0 saturated carbocycles. The quantitative estimate of drug-likeness (QED) is 0.0417. The number of unbranched alkanes of at least 4 members (excludes halogenated alkanes) is 51. The molecule has 0 spiro atoms. The van der Waals surface area contributed by atoms with Gasteiger partial charge in [-0.3, -0.25) is 9.59 Å². The number of aliphatic hydroxyl groups is 2. The molecule has 0 aromatic heterocycles. The van der Waals surface area contributed by atoms with Crippen LogP contribution in [0.25, 0.3) is 0 Å². The Kier molecular flexibility index (Phi) is 60.4. The van der Waals surface area contributed by atoms with E-state index in [1.807, 2.05) is 0 Å². The summed E-state index contributed by atoms with van der Waals surface area (Å²) < 4.78 is 5.50. The van der Waals surface area contributed by atoms with E-state index in [1.54, 1.807) is 0 Å². The lowest BCUT2D eigenvalue weighted by molar-refractivity contribution is -0.143. The fraction of sp³-hybridized carbons (Fsp3) is 0.969. The van der Waals surface area contributed by atoms with Crippen molar-refractivity contribution in [2.75, 3.05) is 13.2 Å². The van der Waals surface area contributed by atoms with Gasteiger partial charge in [0.15, 0.2) is 0 Å². The van der Waals surface area contributed by atoms with E-state index in [9.17, 15) is 19.8 Å². The maximum absolute atomic E-state index is 12.5. The van der Waals surface area contributed by atoms with E-state index in [0.717, 1.165) is 38.5 Å². The minimum Gasteiger partial charge on any atom is -0.466 e. The van der Waals surface area contributed by atoms with Crippen molar-refractivity contribution in [3.63, 3.8) is 0 Å². The number of carbonyl (C=O) groups is 2. The molecule has 71 heavy (non-hydrogen) atoms. The first-order chi connectivity index (χ1) is 35.0. The van der Waals surface area contributed by atoms with E-state index in [2.05, 4.69) is 19.2 Å². The second-order valence-electron chi connectivity index (χ2n) is 22.8. The molecule has 6 nitrogen and oxygen atoms in total. The van der Waals surface area contributed by atoms with Crippen LogP contribution in [0.2, 0.25) is 0 Å². The molecule has 0 bridgehead atoms. The van der Waals surface area contributed by atoms with Gasteiger partial charge in [0.25, 0.3) is 0 Å². The Bertz CT molecular complexity index is 1020. The van der Waals surface area contributed by atoms with Gasteiger partial charge in [-0.05, 0) is 25.7 Å². The number of nitrogens with one attached hydrogen (secondary N) is 1. The molecule has 2 atom stereocenters. The fourth-order valence-corrected chi connectivity index (χ4v) is 10.6. The zero-order chi connectivity index (χ0) is 51.4. The molecule has 0 heterocycles. The van der Waals surface area contributed by atoms with Gasteiger partial charge in [-0.25, -0.2) is 0 Å². The summed E-state index contributed by atoms with van der Waals surface area (Å²) >= 11 is 0. The van der Waals surface area contributed by atoms with Crippen LogP contribution in [-0.4, -0.2) is 47.4 Å². The highest BCUT2D eigenvalue weighted by Gasteiger charge is 2.20. The molecule has 0 aliphatic rings. The molecule has 0 aromatic rings. The zero-order valence-electron chi connectivity index (χ0n) is 48.5. The van der Waals surface area contributed by atoms with Crippen LogP contribution in [-0.2, 0) is 14.3 Å². The van der Waals surface area contributed by atoms with Crippen molar-refractivity contribution in [2.45, 2.75) is 392 Å². The first-order valence-electron chi connectivity index (χ1n) is 32.8. The monoisotopic (exact) mass is 1000 g/mol. The lowest BCUT2D eigenvalue weighted by atomic mass is 10.0. The normalized spacial score (nSPS) is 12.5. The van der Waals surface area contributed by atoms with E-state index < -0.39 is 12.1 Å². The third-order valence-corrected chi connectivity index (χ3v) is 15.7. The van der Waals surface area contributed by atoms with Gasteiger partial charge in [0.1, 0.15) is 0 Å². The molecular weight excluding hydrogens is 875 g/mol. The third kappa shape index (κ3) is 58.0. The van der Waals surface area contributed by atoms with E-state index in [4.69, 9.17) is 4.74 Å². The zero-order valence-corrected chi connectivity index (χ0v) is 48.5. The van der Waals surface area contributed by atoms with Crippen LogP contribution >= 0.6 is 0 Å². The molecule has 6 heteroatoms. The predicted octanol–water partition coefficient (Wildman–Crippen LogP) is 20.6. The lowest BCUT2D eigenvalue weighted by Crippen LogP contribution is -2.45. The van der Waals surface area contributed by atoms with Gasteiger partial charge in [-0.15, -0.1) is 0 Å². The molecule has 424 valence electrons. The molecule has 0 fully saturated rings. The molecule has 2 unspecified atom stereocenters.